The highest BCUT2D eigenvalue weighted by Crippen LogP contribution is 2.36. The molecule has 0 N–H and O–H groups in total. The summed E-state index contributed by atoms with van der Waals surface area (Å²) in [5.74, 6) is -0.653. The quantitative estimate of drug-likeness (QED) is 0.631. The van der Waals surface area contributed by atoms with E-state index in [1.807, 2.05) is 0 Å². The number of fused-ring (bicyclic) bond motifs is 1. The van der Waals surface area contributed by atoms with Gasteiger partial charge in [0.1, 0.15) is 0 Å². The first-order valence-corrected chi connectivity index (χ1v) is 3.03. The van der Waals surface area contributed by atoms with Crippen molar-refractivity contribution in [1.29, 1.82) is 0 Å². The van der Waals surface area contributed by atoms with Gasteiger partial charge in [0.25, 0.3) is 0 Å². The summed E-state index contributed by atoms with van der Waals surface area (Å²) in [7, 11) is 0. The molecular formula is C7H5ClF2O2. The van der Waals surface area contributed by atoms with Crippen LogP contribution in [-0.4, -0.2) is 6.54 Å². The molecule has 1 atom stereocenters. The second-order valence-electron chi connectivity index (χ2n) is 2.08. The third kappa shape index (κ3) is 1.30. The fourth-order valence-corrected chi connectivity index (χ4v) is 0.913. The average Bonchev–Trinajstić information content (AvgIpc) is 2.31. The zero-order valence-corrected chi connectivity index (χ0v) is 6.61. The molecule has 0 fully saturated rings. The third-order valence-electron chi connectivity index (χ3n) is 1.36. The molecule has 2 nitrogen and oxygen atoms in total. The van der Waals surface area contributed by atoms with Gasteiger partial charge < -0.3 is 9.47 Å². The molecule has 0 saturated carbocycles. The maximum absolute atomic E-state index is 12.7. The molecule has 1 aromatic rings. The fourth-order valence-electron chi connectivity index (χ4n) is 0.913. The number of halogens is 3. The van der Waals surface area contributed by atoms with E-state index in [0.717, 1.165) is 0 Å². The van der Waals surface area contributed by atoms with Crippen molar-refractivity contribution in [1.82, 2.24) is 0 Å². The van der Waals surface area contributed by atoms with Crippen LogP contribution in [0.25, 0.3) is 0 Å². The third-order valence-corrected chi connectivity index (χ3v) is 1.36. The van der Waals surface area contributed by atoms with Crippen molar-refractivity contribution in [2.24, 2.45) is 0 Å². The summed E-state index contributed by atoms with van der Waals surface area (Å²) in [5.41, 5.74) is 0. The molecule has 0 bridgehead atoms. The molecule has 12 heavy (non-hydrogen) atoms. The normalized spacial score (nSPS) is 18.7. The number of para-hydroxylation sites is 1. The summed E-state index contributed by atoms with van der Waals surface area (Å²) in [5, 5.41) is 0. The van der Waals surface area contributed by atoms with Crippen LogP contribution in [0.15, 0.2) is 18.2 Å². The predicted octanol–water partition coefficient (Wildman–Crippen LogP) is 2.27. The zero-order chi connectivity index (χ0) is 7.84. The van der Waals surface area contributed by atoms with Crippen molar-refractivity contribution >= 4 is 12.4 Å². The van der Waals surface area contributed by atoms with Gasteiger partial charge in [-0.2, -0.15) is 4.39 Å². The number of benzene rings is 1. The van der Waals surface area contributed by atoms with Crippen LogP contribution < -0.4 is 9.47 Å². The molecule has 66 valence electrons. The minimum atomic E-state index is -1.87. The van der Waals surface area contributed by atoms with Gasteiger partial charge in [-0.05, 0) is 12.1 Å². The van der Waals surface area contributed by atoms with Gasteiger partial charge in [0.05, 0.1) is 0 Å². The van der Waals surface area contributed by atoms with Crippen LogP contribution in [0, 0.1) is 5.82 Å². The zero-order valence-electron chi connectivity index (χ0n) is 5.79. The second kappa shape index (κ2) is 3.15. The lowest BCUT2D eigenvalue weighted by Gasteiger charge is -1.95. The summed E-state index contributed by atoms with van der Waals surface area (Å²) in [6.07, 6.45) is 0. The Balaban J connectivity index is 0.000000720. The second-order valence-corrected chi connectivity index (χ2v) is 2.08. The van der Waals surface area contributed by atoms with Crippen LogP contribution in [0.5, 0.6) is 11.5 Å². The Morgan fingerprint density at radius 3 is 2.67 bits per heavy atom. The Labute approximate surface area is 73.5 Å². The van der Waals surface area contributed by atoms with E-state index in [4.69, 9.17) is 0 Å². The first-order valence-electron chi connectivity index (χ1n) is 3.03. The number of hydrogen-bond donors (Lipinski definition) is 0. The van der Waals surface area contributed by atoms with Gasteiger partial charge in [-0.1, -0.05) is 6.07 Å². The molecule has 1 aromatic carbocycles. The van der Waals surface area contributed by atoms with Gasteiger partial charge in [-0.3, -0.25) is 0 Å². The van der Waals surface area contributed by atoms with Crippen LogP contribution in [0.4, 0.5) is 8.78 Å². The van der Waals surface area contributed by atoms with Gasteiger partial charge in [0, 0.05) is 0 Å². The van der Waals surface area contributed by atoms with Crippen molar-refractivity contribution < 1.29 is 18.3 Å². The van der Waals surface area contributed by atoms with Gasteiger partial charge in [-0.25, -0.2) is 4.39 Å². The van der Waals surface area contributed by atoms with E-state index in [2.05, 4.69) is 9.47 Å². The first-order chi connectivity index (χ1) is 5.27. The first kappa shape index (κ1) is 9.06. The van der Waals surface area contributed by atoms with Crippen LogP contribution in [0.3, 0.4) is 0 Å². The largest absolute Gasteiger partial charge is 0.425 e. The Morgan fingerprint density at radius 1 is 1.25 bits per heavy atom. The highest BCUT2D eigenvalue weighted by atomic mass is 35.5. The van der Waals surface area contributed by atoms with E-state index >= 15 is 0 Å². The maximum Gasteiger partial charge on any atom is 0.397 e. The molecule has 0 amide bonds. The van der Waals surface area contributed by atoms with Crippen molar-refractivity contribution in [3.8, 4) is 11.5 Å². The van der Waals surface area contributed by atoms with Gasteiger partial charge >= 0.3 is 6.54 Å². The minimum Gasteiger partial charge on any atom is -0.425 e. The molecule has 0 saturated heterocycles. The molecule has 0 spiro atoms. The Morgan fingerprint density at radius 2 is 2.00 bits per heavy atom. The molecule has 1 heterocycles. The van der Waals surface area contributed by atoms with E-state index < -0.39 is 12.4 Å². The topological polar surface area (TPSA) is 18.5 Å². The molecule has 1 unspecified atom stereocenters. The van der Waals surface area contributed by atoms with Crippen molar-refractivity contribution in [3.63, 3.8) is 0 Å². The van der Waals surface area contributed by atoms with Gasteiger partial charge in [-0.15, -0.1) is 12.4 Å². The van der Waals surface area contributed by atoms with Gasteiger partial charge in [0.2, 0.25) is 5.75 Å². The number of alkyl halides is 1. The average molecular weight is 195 g/mol. The molecule has 5 heteroatoms. The summed E-state index contributed by atoms with van der Waals surface area (Å²) in [6, 6.07) is 4.05. The highest BCUT2D eigenvalue weighted by molar-refractivity contribution is 5.85. The van der Waals surface area contributed by atoms with Crippen molar-refractivity contribution in [3.05, 3.63) is 24.0 Å². The minimum absolute atomic E-state index is 0. The Bertz CT molecular complexity index is 293. The fraction of sp³-hybridized carbons (Fsp3) is 0.143. The smallest absolute Gasteiger partial charge is 0.397 e. The van der Waals surface area contributed by atoms with Crippen LogP contribution in [-0.2, 0) is 0 Å². The summed E-state index contributed by atoms with van der Waals surface area (Å²) >= 11 is 0. The number of rotatable bonds is 0. The Kier molecular flexibility index (Phi) is 2.38. The monoisotopic (exact) mass is 194 g/mol. The van der Waals surface area contributed by atoms with E-state index in [9.17, 15) is 8.78 Å². The lowest BCUT2D eigenvalue weighted by Crippen LogP contribution is -2.09. The lowest BCUT2D eigenvalue weighted by molar-refractivity contribution is -0.0663. The molecule has 0 radical (unpaired) electrons. The van der Waals surface area contributed by atoms with E-state index in [-0.39, 0.29) is 23.9 Å². The molecule has 1 aliphatic rings. The van der Waals surface area contributed by atoms with Crippen LogP contribution in [0.2, 0.25) is 0 Å². The molecule has 1 aliphatic heterocycles. The summed E-state index contributed by atoms with van der Waals surface area (Å²) in [6.45, 7) is -1.87. The molecular weight excluding hydrogens is 190 g/mol. The molecule has 0 aromatic heterocycles. The van der Waals surface area contributed by atoms with Gasteiger partial charge in [0.15, 0.2) is 11.6 Å². The predicted molar refractivity (Wildman–Crippen MR) is 39.8 cm³/mol. The van der Waals surface area contributed by atoms with E-state index in [1.54, 1.807) is 0 Å². The maximum atomic E-state index is 12.7. The van der Waals surface area contributed by atoms with E-state index in [1.165, 1.54) is 18.2 Å². The van der Waals surface area contributed by atoms with Crippen molar-refractivity contribution in [2.45, 2.75) is 6.54 Å². The SMILES string of the molecule is Cl.Fc1cccc2c1OC(F)O2. The molecule has 0 aliphatic carbocycles. The molecule has 2 rings (SSSR count). The highest BCUT2D eigenvalue weighted by Gasteiger charge is 2.25. The van der Waals surface area contributed by atoms with Crippen molar-refractivity contribution in [2.75, 3.05) is 0 Å². The standard InChI is InChI=1S/C7H4F2O2.ClH/c8-4-2-1-3-5-6(4)11-7(9)10-5;/h1-3,7H;1H. The van der Waals surface area contributed by atoms with Crippen LogP contribution in [0.1, 0.15) is 0 Å². The van der Waals surface area contributed by atoms with E-state index in [0.29, 0.717) is 0 Å². The number of hydrogen-bond acceptors (Lipinski definition) is 2. The lowest BCUT2D eigenvalue weighted by atomic mass is 10.3. The Hall–Kier alpha value is -1.03. The van der Waals surface area contributed by atoms with Crippen LogP contribution >= 0.6 is 12.4 Å². The number of ether oxygens (including phenoxy) is 2. The summed E-state index contributed by atoms with van der Waals surface area (Å²) in [4.78, 5) is 0. The summed E-state index contributed by atoms with van der Waals surface area (Å²) < 4.78 is 33.8.